The van der Waals surface area contributed by atoms with Crippen LogP contribution in [0.1, 0.15) is 27.5 Å². The molecule has 1 heterocycles. The average molecular weight is 318 g/mol. The normalized spacial score (nSPS) is 10.6. The summed E-state index contributed by atoms with van der Waals surface area (Å²) in [6.07, 6.45) is 1.48. The van der Waals surface area contributed by atoms with Crippen LogP contribution in [0.4, 0.5) is 0 Å². The maximum absolute atomic E-state index is 12.7. The van der Waals surface area contributed by atoms with Gasteiger partial charge in [0.2, 0.25) is 0 Å². The van der Waals surface area contributed by atoms with Crippen molar-refractivity contribution in [2.24, 2.45) is 11.5 Å². The van der Waals surface area contributed by atoms with Crippen LogP contribution in [-0.4, -0.2) is 35.4 Å². The first-order valence-electron chi connectivity index (χ1n) is 7.42. The number of carbonyl (C=O) groups is 1. The van der Waals surface area contributed by atoms with E-state index in [-0.39, 0.29) is 5.91 Å². The van der Waals surface area contributed by atoms with Gasteiger partial charge in [0.15, 0.2) is 0 Å². The third-order valence-corrected chi connectivity index (χ3v) is 4.17. The second-order valence-corrected chi connectivity index (χ2v) is 5.96. The molecule has 0 aliphatic rings. The molecule has 0 aliphatic heterocycles. The average Bonchev–Trinajstić information content (AvgIpc) is 3.01. The Morgan fingerprint density at radius 1 is 1.18 bits per heavy atom. The Balaban J connectivity index is 2.10. The molecule has 6 heteroatoms. The van der Waals surface area contributed by atoms with Gasteiger partial charge in [0.1, 0.15) is 5.69 Å². The highest BCUT2D eigenvalue weighted by Gasteiger charge is 2.18. The van der Waals surface area contributed by atoms with Gasteiger partial charge in [0.25, 0.3) is 5.91 Å². The first-order chi connectivity index (χ1) is 10.7. The van der Waals surface area contributed by atoms with Gasteiger partial charge in [-0.1, -0.05) is 30.3 Å². The fourth-order valence-corrected chi connectivity index (χ4v) is 2.94. The molecular weight excluding hydrogens is 296 g/mol. The van der Waals surface area contributed by atoms with E-state index in [0.717, 1.165) is 17.0 Å². The predicted octanol–water partition coefficient (Wildman–Crippen LogP) is 1.64. The number of carbonyl (C=O) groups excluding carboxylic acids is 1. The summed E-state index contributed by atoms with van der Waals surface area (Å²) >= 11 is 1.49. The number of nitrogens with zero attached hydrogens (tertiary/aromatic N) is 2. The second kappa shape index (κ2) is 8.63. The van der Waals surface area contributed by atoms with E-state index in [4.69, 9.17) is 11.5 Å². The van der Waals surface area contributed by atoms with Crippen molar-refractivity contribution < 1.29 is 4.79 Å². The maximum Gasteiger partial charge on any atom is 0.273 e. The highest BCUT2D eigenvalue weighted by Crippen LogP contribution is 2.14. The van der Waals surface area contributed by atoms with E-state index in [1.807, 2.05) is 40.6 Å². The molecule has 2 aromatic rings. The molecule has 2 rings (SSSR count). The molecule has 0 aliphatic carbocycles. The van der Waals surface area contributed by atoms with Gasteiger partial charge in [0.05, 0.1) is 5.01 Å². The molecule has 0 atom stereocenters. The lowest BCUT2D eigenvalue weighted by atomic mass is 10.2. The summed E-state index contributed by atoms with van der Waals surface area (Å²) in [5.74, 6) is -0.0446. The number of thiazole rings is 1. The first-order valence-corrected chi connectivity index (χ1v) is 8.30. The summed E-state index contributed by atoms with van der Waals surface area (Å²) in [6.45, 7) is 2.31. The van der Waals surface area contributed by atoms with Crippen molar-refractivity contribution >= 4 is 17.2 Å². The number of rotatable bonds is 8. The van der Waals surface area contributed by atoms with Crippen LogP contribution < -0.4 is 11.5 Å². The molecule has 0 saturated heterocycles. The lowest BCUT2D eigenvalue weighted by Gasteiger charge is -2.21. The zero-order chi connectivity index (χ0) is 15.8. The summed E-state index contributed by atoms with van der Waals surface area (Å²) in [5, 5.41) is 2.72. The van der Waals surface area contributed by atoms with Crippen LogP contribution in [0, 0.1) is 0 Å². The van der Waals surface area contributed by atoms with Gasteiger partial charge in [0, 0.05) is 24.9 Å². The minimum absolute atomic E-state index is 0.0446. The van der Waals surface area contributed by atoms with Gasteiger partial charge in [-0.2, -0.15) is 0 Å². The fraction of sp³-hybridized carbons (Fsp3) is 0.375. The number of hydrogen-bond donors (Lipinski definition) is 2. The van der Waals surface area contributed by atoms with Crippen molar-refractivity contribution in [3.8, 4) is 0 Å². The number of hydrogen-bond acceptors (Lipinski definition) is 5. The van der Waals surface area contributed by atoms with Gasteiger partial charge in [-0.15, -0.1) is 11.3 Å². The van der Waals surface area contributed by atoms with Crippen molar-refractivity contribution in [2.75, 3.05) is 19.6 Å². The molecule has 0 spiro atoms. The lowest BCUT2D eigenvalue weighted by Crippen LogP contribution is -2.32. The molecule has 0 fully saturated rings. The van der Waals surface area contributed by atoms with Crippen molar-refractivity contribution in [1.82, 2.24) is 9.88 Å². The molecule has 118 valence electrons. The van der Waals surface area contributed by atoms with Crippen molar-refractivity contribution in [2.45, 2.75) is 19.4 Å². The Hall–Kier alpha value is -1.76. The van der Waals surface area contributed by atoms with Crippen LogP contribution >= 0.6 is 11.3 Å². The largest absolute Gasteiger partial charge is 0.333 e. The summed E-state index contributed by atoms with van der Waals surface area (Å²) in [5.41, 5.74) is 12.7. The summed E-state index contributed by atoms with van der Waals surface area (Å²) in [7, 11) is 0. The number of amides is 1. The van der Waals surface area contributed by atoms with Crippen LogP contribution in [0.2, 0.25) is 0 Å². The Labute approximate surface area is 135 Å². The van der Waals surface area contributed by atoms with E-state index < -0.39 is 0 Å². The van der Waals surface area contributed by atoms with E-state index in [1.165, 1.54) is 11.3 Å². The predicted molar refractivity (Wildman–Crippen MR) is 89.7 cm³/mol. The summed E-state index contributed by atoms with van der Waals surface area (Å²) in [4.78, 5) is 18.9. The van der Waals surface area contributed by atoms with E-state index in [1.54, 1.807) is 0 Å². The van der Waals surface area contributed by atoms with Gasteiger partial charge in [-0.05, 0) is 25.1 Å². The molecule has 0 saturated carbocycles. The zero-order valence-corrected chi connectivity index (χ0v) is 13.4. The molecule has 0 unspecified atom stereocenters. The number of nitrogens with two attached hydrogens (primary N) is 2. The number of aromatic nitrogens is 1. The monoisotopic (exact) mass is 318 g/mol. The summed E-state index contributed by atoms with van der Waals surface area (Å²) < 4.78 is 0. The molecule has 4 N–H and O–H groups in total. The SMILES string of the molecule is NCCCN(Cc1ccccc1)C(=O)c1csc(CCN)n1. The van der Waals surface area contributed by atoms with E-state index >= 15 is 0 Å². The second-order valence-electron chi connectivity index (χ2n) is 5.02. The Morgan fingerprint density at radius 2 is 1.95 bits per heavy atom. The topological polar surface area (TPSA) is 85.2 Å². The lowest BCUT2D eigenvalue weighted by molar-refractivity contribution is 0.0737. The smallest absolute Gasteiger partial charge is 0.273 e. The minimum Gasteiger partial charge on any atom is -0.333 e. The molecule has 0 radical (unpaired) electrons. The van der Waals surface area contributed by atoms with Crippen LogP contribution in [0.15, 0.2) is 35.7 Å². The first kappa shape index (κ1) is 16.6. The van der Waals surface area contributed by atoms with E-state index in [2.05, 4.69) is 4.98 Å². The van der Waals surface area contributed by atoms with Crippen LogP contribution in [0.3, 0.4) is 0 Å². The summed E-state index contributed by atoms with van der Waals surface area (Å²) in [6, 6.07) is 9.95. The van der Waals surface area contributed by atoms with Gasteiger partial charge in [-0.25, -0.2) is 4.98 Å². The molecular formula is C16H22N4OS. The Morgan fingerprint density at radius 3 is 2.64 bits per heavy atom. The molecule has 0 bridgehead atoms. The van der Waals surface area contributed by atoms with Crippen LogP contribution in [-0.2, 0) is 13.0 Å². The molecule has 5 nitrogen and oxygen atoms in total. The zero-order valence-electron chi connectivity index (χ0n) is 12.6. The molecule has 1 aromatic heterocycles. The van der Waals surface area contributed by atoms with Crippen molar-refractivity contribution in [3.63, 3.8) is 0 Å². The van der Waals surface area contributed by atoms with Crippen molar-refractivity contribution in [1.29, 1.82) is 0 Å². The minimum atomic E-state index is -0.0446. The third-order valence-electron chi connectivity index (χ3n) is 3.26. The molecule has 1 amide bonds. The third kappa shape index (κ3) is 4.62. The van der Waals surface area contributed by atoms with Gasteiger partial charge >= 0.3 is 0 Å². The Kier molecular flexibility index (Phi) is 6.51. The molecule has 22 heavy (non-hydrogen) atoms. The van der Waals surface area contributed by atoms with Crippen LogP contribution in [0.5, 0.6) is 0 Å². The fourth-order valence-electron chi connectivity index (χ4n) is 2.15. The van der Waals surface area contributed by atoms with Gasteiger partial charge in [-0.3, -0.25) is 4.79 Å². The maximum atomic E-state index is 12.7. The molecule has 1 aromatic carbocycles. The highest BCUT2D eigenvalue weighted by atomic mass is 32.1. The Bertz CT molecular complexity index is 585. The van der Waals surface area contributed by atoms with E-state index in [0.29, 0.717) is 38.3 Å². The van der Waals surface area contributed by atoms with E-state index in [9.17, 15) is 4.79 Å². The standard InChI is InChI=1S/C16H22N4OS/c17-8-4-10-20(11-13-5-2-1-3-6-13)16(21)14-12-22-15(19-14)7-9-18/h1-3,5-6,12H,4,7-11,17-18H2. The van der Waals surface area contributed by atoms with Gasteiger partial charge < -0.3 is 16.4 Å². The number of benzene rings is 1. The van der Waals surface area contributed by atoms with Crippen molar-refractivity contribution in [3.05, 3.63) is 52.0 Å². The quantitative estimate of drug-likeness (QED) is 0.775. The van der Waals surface area contributed by atoms with Crippen LogP contribution in [0.25, 0.3) is 0 Å². The highest BCUT2D eigenvalue weighted by molar-refractivity contribution is 7.09.